The number of hydrogen-bond donors (Lipinski definition) is 1. The summed E-state index contributed by atoms with van der Waals surface area (Å²) in [6.07, 6.45) is 2.37. The predicted molar refractivity (Wildman–Crippen MR) is 86.1 cm³/mol. The summed E-state index contributed by atoms with van der Waals surface area (Å²) in [7, 11) is -0.253. The number of anilines is 1. The van der Waals surface area contributed by atoms with E-state index in [1.54, 1.807) is 26.2 Å². The van der Waals surface area contributed by atoms with Crippen LogP contribution in [0.5, 0.6) is 0 Å². The highest BCUT2D eigenvalue weighted by Gasteiger charge is 2.19. The van der Waals surface area contributed by atoms with Crippen LogP contribution in [-0.2, 0) is 10.0 Å². The second-order valence-electron chi connectivity index (χ2n) is 5.69. The summed E-state index contributed by atoms with van der Waals surface area (Å²) >= 11 is 0. The fourth-order valence-corrected chi connectivity index (χ4v) is 3.53. The summed E-state index contributed by atoms with van der Waals surface area (Å²) < 4.78 is 25.3. The summed E-state index contributed by atoms with van der Waals surface area (Å²) in [5, 5.41) is 3.50. The predicted octanol–water partition coefficient (Wildman–Crippen LogP) is 1.83. The maximum absolute atomic E-state index is 12.0. The molecule has 1 aromatic carbocycles. The zero-order valence-corrected chi connectivity index (χ0v) is 13.9. The molecule has 1 aliphatic rings. The summed E-state index contributed by atoms with van der Waals surface area (Å²) in [4.78, 5) is 2.77. The molecule has 2 rings (SSSR count). The van der Waals surface area contributed by atoms with E-state index in [-0.39, 0.29) is 0 Å². The lowest BCUT2D eigenvalue weighted by molar-refractivity contribution is 0.227. The molecule has 21 heavy (non-hydrogen) atoms. The van der Waals surface area contributed by atoms with Gasteiger partial charge in [-0.2, -0.15) is 0 Å². The van der Waals surface area contributed by atoms with E-state index < -0.39 is 10.0 Å². The molecule has 5 nitrogen and oxygen atoms in total. The van der Waals surface area contributed by atoms with Crippen LogP contribution in [0.3, 0.4) is 0 Å². The van der Waals surface area contributed by atoms with Gasteiger partial charge in [-0.3, -0.25) is 0 Å². The third-order valence-electron chi connectivity index (χ3n) is 3.96. The second-order valence-corrected chi connectivity index (χ2v) is 7.84. The molecule has 0 amide bonds. The third-order valence-corrected chi connectivity index (χ3v) is 5.79. The lowest BCUT2D eigenvalue weighted by Gasteiger charge is -2.32. The third kappa shape index (κ3) is 3.96. The largest absolute Gasteiger partial charge is 0.381 e. The Morgan fingerprint density at radius 3 is 2.52 bits per heavy atom. The van der Waals surface area contributed by atoms with Crippen molar-refractivity contribution in [2.75, 3.05) is 39.0 Å². The monoisotopic (exact) mass is 311 g/mol. The Kier molecular flexibility index (Phi) is 5.24. The zero-order chi connectivity index (χ0) is 15.5. The molecule has 1 atom stereocenters. The molecular weight excluding hydrogens is 286 g/mol. The Morgan fingerprint density at radius 2 is 1.95 bits per heavy atom. The van der Waals surface area contributed by atoms with Gasteiger partial charge in [0.1, 0.15) is 0 Å². The van der Waals surface area contributed by atoms with Crippen molar-refractivity contribution in [3.8, 4) is 0 Å². The average molecular weight is 311 g/mol. The van der Waals surface area contributed by atoms with Gasteiger partial charge in [0.25, 0.3) is 0 Å². The molecule has 1 fully saturated rings. The van der Waals surface area contributed by atoms with Gasteiger partial charge in [0, 0.05) is 32.4 Å². The fraction of sp³-hybridized carbons (Fsp3) is 0.600. The number of nitrogens with zero attached hydrogens (tertiary/aromatic N) is 2. The summed E-state index contributed by atoms with van der Waals surface area (Å²) in [5.74, 6) is 0. The highest BCUT2D eigenvalue weighted by Crippen LogP contribution is 2.19. The van der Waals surface area contributed by atoms with E-state index in [0.29, 0.717) is 10.9 Å². The van der Waals surface area contributed by atoms with Crippen LogP contribution in [0.15, 0.2) is 29.2 Å². The first-order chi connectivity index (χ1) is 9.93. The topological polar surface area (TPSA) is 52.7 Å². The average Bonchev–Trinajstić information content (AvgIpc) is 2.48. The van der Waals surface area contributed by atoms with E-state index in [9.17, 15) is 8.42 Å². The highest BCUT2D eigenvalue weighted by molar-refractivity contribution is 7.89. The molecule has 1 aromatic rings. The van der Waals surface area contributed by atoms with E-state index in [2.05, 4.69) is 17.1 Å². The van der Waals surface area contributed by atoms with Gasteiger partial charge in [-0.1, -0.05) is 6.92 Å². The number of nitrogens with one attached hydrogen (secondary N) is 1. The minimum atomic E-state index is -3.34. The molecule has 1 saturated heterocycles. The first-order valence-electron chi connectivity index (χ1n) is 7.45. The van der Waals surface area contributed by atoms with E-state index in [4.69, 9.17) is 0 Å². The van der Waals surface area contributed by atoms with Gasteiger partial charge in [0.15, 0.2) is 0 Å². The molecule has 1 aliphatic heterocycles. The van der Waals surface area contributed by atoms with Crippen molar-refractivity contribution in [2.24, 2.45) is 0 Å². The first-order valence-corrected chi connectivity index (χ1v) is 8.89. The molecular formula is C15H25N3O2S. The molecule has 0 aromatic heterocycles. The molecule has 1 heterocycles. The Morgan fingerprint density at radius 1 is 1.29 bits per heavy atom. The zero-order valence-electron chi connectivity index (χ0n) is 13.0. The lowest BCUT2D eigenvalue weighted by Crippen LogP contribution is -2.41. The minimum absolute atomic E-state index is 0.330. The Hall–Kier alpha value is -1.11. The van der Waals surface area contributed by atoms with Gasteiger partial charge >= 0.3 is 0 Å². The molecule has 118 valence electrons. The van der Waals surface area contributed by atoms with Crippen LogP contribution in [-0.4, -0.2) is 57.4 Å². The van der Waals surface area contributed by atoms with Crippen molar-refractivity contribution in [1.82, 2.24) is 9.21 Å². The molecule has 0 bridgehead atoms. The Balaban J connectivity index is 2.03. The standard InChI is InChI=1S/C15H25N3O2S/c1-4-18-11-5-6-14(12-18)16-13-7-9-15(10-8-13)21(19,20)17(2)3/h7-10,14,16H,4-6,11-12H2,1-3H3. The Labute approximate surface area is 128 Å². The van der Waals surface area contributed by atoms with E-state index in [0.717, 1.165) is 25.2 Å². The van der Waals surface area contributed by atoms with Gasteiger partial charge in [-0.05, 0) is 50.2 Å². The first kappa shape index (κ1) is 16.3. The number of benzene rings is 1. The number of hydrogen-bond acceptors (Lipinski definition) is 4. The van der Waals surface area contributed by atoms with Gasteiger partial charge < -0.3 is 10.2 Å². The molecule has 1 unspecified atom stereocenters. The number of rotatable bonds is 5. The smallest absolute Gasteiger partial charge is 0.242 e. The van der Waals surface area contributed by atoms with Crippen LogP contribution < -0.4 is 5.32 Å². The van der Waals surface area contributed by atoms with Crippen LogP contribution in [0.25, 0.3) is 0 Å². The maximum atomic E-state index is 12.0. The van der Waals surface area contributed by atoms with Crippen LogP contribution in [0.2, 0.25) is 0 Å². The molecule has 0 radical (unpaired) electrons. The highest BCUT2D eigenvalue weighted by atomic mass is 32.2. The Bertz CT molecular complexity index is 555. The van der Waals surface area contributed by atoms with E-state index in [1.165, 1.54) is 17.3 Å². The second kappa shape index (κ2) is 6.77. The normalized spacial score (nSPS) is 20.7. The molecule has 1 N–H and O–H groups in total. The van der Waals surface area contributed by atoms with Gasteiger partial charge in [-0.15, -0.1) is 0 Å². The quantitative estimate of drug-likeness (QED) is 0.901. The lowest BCUT2D eigenvalue weighted by atomic mass is 10.1. The van der Waals surface area contributed by atoms with Crippen LogP contribution in [0.1, 0.15) is 19.8 Å². The van der Waals surface area contributed by atoms with Crippen molar-refractivity contribution < 1.29 is 8.42 Å². The summed E-state index contributed by atoms with van der Waals surface area (Å²) in [6.45, 7) is 5.49. The van der Waals surface area contributed by atoms with Crippen molar-refractivity contribution >= 4 is 15.7 Å². The molecule has 0 spiro atoms. The van der Waals surface area contributed by atoms with E-state index in [1.807, 2.05) is 12.1 Å². The number of likely N-dealkylation sites (tertiary alicyclic amines) is 1. The molecule has 0 saturated carbocycles. The van der Waals surface area contributed by atoms with Crippen molar-refractivity contribution in [3.63, 3.8) is 0 Å². The molecule has 0 aliphatic carbocycles. The van der Waals surface area contributed by atoms with Gasteiger partial charge in [-0.25, -0.2) is 12.7 Å². The van der Waals surface area contributed by atoms with Crippen LogP contribution >= 0.6 is 0 Å². The van der Waals surface area contributed by atoms with Crippen molar-refractivity contribution in [2.45, 2.75) is 30.7 Å². The van der Waals surface area contributed by atoms with E-state index >= 15 is 0 Å². The maximum Gasteiger partial charge on any atom is 0.242 e. The number of piperidine rings is 1. The summed E-state index contributed by atoms with van der Waals surface area (Å²) in [5.41, 5.74) is 0.982. The number of sulfonamides is 1. The van der Waals surface area contributed by atoms with Gasteiger partial charge in [0.05, 0.1) is 4.90 Å². The minimum Gasteiger partial charge on any atom is -0.381 e. The number of likely N-dealkylation sites (N-methyl/N-ethyl adjacent to an activating group) is 1. The van der Waals surface area contributed by atoms with Crippen molar-refractivity contribution in [1.29, 1.82) is 0 Å². The SMILES string of the molecule is CCN1CCCC(Nc2ccc(S(=O)(=O)N(C)C)cc2)C1. The van der Waals surface area contributed by atoms with Crippen molar-refractivity contribution in [3.05, 3.63) is 24.3 Å². The molecule has 6 heteroatoms. The summed E-state index contributed by atoms with van der Waals surface area (Å²) in [6, 6.07) is 7.47. The fourth-order valence-electron chi connectivity index (χ4n) is 2.63. The van der Waals surface area contributed by atoms with Crippen LogP contribution in [0, 0.1) is 0 Å². The van der Waals surface area contributed by atoms with Crippen LogP contribution in [0.4, 0.5) is 5.69 Å². The van der Waals surface area contributed by atoms with Gasteiger partial charge in [0.2, 0.25) is 10.0 Å².